The zero-order chi connectivity index (χ0) is 44.9. The van der Waals surface area contributed by atoms with Gasteiger partial charge in [-0.05, 0) is 77.0 Å². The van der Waals surface area contributed by atoms with Gasteiger partial charge in [0.1, 0.15) is 6.61 Å². The van der Waals surface area contributed by atoms with E-state index in [9.17, 15) is 9.59 Å². The van der Waals surface area contributed by atoms with Gasteiger partial charge in [-0.2, -0.15) is 0 Å². The molecular weight excluding hydrogens is 765 g/mol. The SMILES string of the molecule is CC/C=C\C/C=C\C/C=C\CCCCCCCCCCOCC(COC(=O)CCCCCCCCCCC/C=C\CCCCCCCC)OC(=O)CCCCCCCCCCC. The van der Waals surface area contributed by atoms with Gasteiger partial charge in [-0.25, -0.2) is 0 Å². The van der Waals surface area contributed by atoms with Crippen LogP contribution in [0.4, 0.5) is 0 Å². The van der Waals surface area contributed by atoms with E-state index in [1.165, 1.54) is 186 Å². The summed E-state index contributed by atoms with van der Waals surface area (Å²) in [4.78, 5) is 25.4. The molecule has 0 aliphatic heterocycles. The van der Waals surface area contributed by atoms with Gasteiger partial charge in [0.05, 0.1) is 6.61 Å². The van der Waals surface area contributed by atoms with Crippen LogP contribution >= 0.6 is 0 Å². The first-order valence-electron chi connectivity index (χ1n) is 27.2. The maximum absolute atomic E-state index is 12.7. The highest BCUT2D eigenvalue weighted by Gasteiger charge is 2.17. The maximum Gasteiger partial charge on any atom is 0.306 e. The molecule has 0 N–H and O–H groups in total. The largest absolute Gasteiger partial charge is 0.462 e. The molecule has 0 fully saturated rings. The van der Waals surface area contributed by atoms with Crippen LogP contribution in [-0.2, 0) is 23.8 Å². The minimum atomic E-state index is -0.537. The van der Waals surface area contributed by atoms with Crippen LogP contribution < -0.4 is 0 Å². The molecule has 0 radical (unpaired) electrons. The van der Waals surface area contributed by atoms with E-state index < -0.39 is 6.10 Å². The third-order valence-electron chi connectivity index (χ3n) is 11.8. The van der Waals surface area contributed by atoms with E-state index in [-0.39, 0.29) is 25.2 Å². The fraction of sp³-hybridized carbons (Fsp3) is 0.825. The fourth-order valence-electron chi connectivity index (χ4n) is 7.81. The maximum atomic E-state index is 12.7. The van der Waals surface area contributed by atoms with Crippen molar-refractivity contribution >= 4 is 11.9 Å². The van der Waals surface area contributed by atoms with E-state index >= 15 is 0 Å². The van der Waals surface area contributed by atoms with Gasteiger partial charge >= 0.3 is 11.9 Å². The molecule has 5 heteroatoms. The number of carbonyl (C=O) groups excluding carboxylic acids is 2. The summed E-state index contributed by atoms with van der Waals surface area (Å²) >= 11 is 0. The first-order valence-corrected chi connectivity index (χ1v) is 27.2. The summed E-state index contributed by atoms with van der Waals surface area (Å²) in [6, 6.07) is 0. The first-order chi connectivity index (χ1) is 30.6. The third-order valence-corrected chi connectivity index (χ3v) is 11.8. The second-order valence-electron chi connectivity index (χ2n) is 18.1. The summed E-state index contributed by atoms with van der Waals surface area (Å²) < 4.78 is 17.4. The standard InChI is InChI=1S/C57H104O5/c1-4-7-10-13-16-19-21-23-25-27-29-30-32-34-36-39-41-44-47-50-56(58)61-54-55(62-57(59)51-48-45-42-38-18-15-12-9-6-3)53-60-52-49-46-43-40-37-35-33-31-28-26-24-22-20-17-14-11-8-5-2/h8,11,17,20,23-26,55H,4-7,9-10,12-16,18-19,21-22,27-54H2,1-3H3/b11-8-,20-17-,25-23-,26-24-. The van der Waals surface area contributed by atoms with Gasteiger partial charge < -0.3 is 14.2 Å². The van der Waals surface area contributed by atoms with Crippen LogP contribution in [0.5, 0.6) is 0 Å². The summed E-state index contributed by atoms with van der Waals surface area (Å²) in [5.41, 5.74) is 0. The summed E-state index contributed by atoms with van der Waals surface area (Å²) in [5.74, 6) is -0.395. The predicted molar refractivity (Wildman–Crippen MR) is 270 cm³/mol. The van der Waals surface area contributed by atoms with Crippen LogP contribution in [0.25, 0.3) is 0 Å². The van der Waals surface area contributed by atoms with Crippen molar-refractivity contribution in [1.29, 1.82) is 0 Å². The quantitative estimate of drug-likeness (QED) is 0.0346. The number of carbonyl (C=O) groups is 2. The molecule has 0 rings (SSSR count). The van der Waals surface area contributed by atoms with Crippen molar-refractivity contribution in [3.8, 4) is 0 Å². The Morgan fingerprint density at radius 2 is 0.726 bits per heavy atom. The van der Waals surface area contributed by atoms with Crippen LogP contribution in [-0.4, -0.2) is 37.9 Å². The summed E-state index contributed by atoms with van der Waals surface area (Å²) in [6.07, 6.45) is 65.6. The summed E-state index contributed by atoms with van der Waals surface area (Å²) in [6.45, 7) is 7.72. The Balaban J connectivity index is 4.15. The van der Waals surface area contributed by atoms with Crippen LogP contribution in [0, 0.1) is 0 Å². The zero-order valence-corrected chi connectivity index (χ0v) is 41.6. The second kappa shape index (κ2) is 53.2. The highest BCUT2D eigenvalue weighted by Crippen LogP contribution is 2.15. The zero-order valence-electron chi connectivity index (χ0n) is 41.6. The number of allylic oxidation sites excluding steroid dienone is 8. The molecule has 0 aromatic heterocycles. The van der Waals surface area contributed by atoms with Crippen molar-refractivity contribution in [2.24, 2.45) is 0 Å². The molecule has 0 heterocycles. The molecule has 362 valence electrons. The Kier molecular flexibility index (Phi) is 51.4. The van der Waals surface area contributed by atoms with E-state index in [2.05, 4.69) is 69.4 Å². The third kappa shape index (κ3) is 50.5. The van der Waals surface area contributed by atoms with Gasteiger partial charge in [-0.15, -0.1) is 0 Å². The molecule has 0 aliphatic carbocycles. The summed E-state index contributed by atoms with van der Waals surface area (Å²) in [7, 11) is 0. The number of hydrogen-bond donors (Lipinski definition) is 0. The van der Waals surface area contributed by atoms with Gasteiger partial charge in [0.15, 0.2) is 6.10 Å². The number of ether oxygens (including phenoxy) is 3. The van der Waals surface area contributed by atoms with Crippen molar-refractivity contribution in [2.45, 2.75) is 284 Å². The van der Waals surface area contributed by atoms with Gasteiger partial charge in [0, 0.05) is 19.4 Å². The minimum absolute atomic E-state index is 0.0844. The Bertz CT molecular complexity index is 1030. The Morgan fingerprint density at radius 1 is 0.371 bits per heavy atom. The van der Waals surface area contributed by atoms with E-state index in [1.54, 1.807) is 0 Å². The van der Waals surface area contributed by atoms with Crippen molar-refractivity contribution in [3.05, 3.63) is 48.6 Å². The van der Waals surface area contributed by atoms with E-state index in [0.717, 1.165) is 57.8 Å². The van der Waals surface area contributed by atoms with Crippen molar-refractivity contribution in [3.63, 3.8) is 0 Å². The summed E-state index contributed by atoms with van der Waals surface area (Å²) in [5, 5.41) is 0. The highest BCUT2D eigenvalue weighted by molar-refractivity contribution is 5.70. The molecule has 62 heavy (non-hydrogen) atoms. The Labute approximate surface area is 386 Å². The van der Waals surface area contributed by atoms with Crippen LogP contribution in [0.1, 0.15) is 278 Å². The number of esters is 2. The lowest BCUT2D eigenvalue weighted by Crippen LogP contribution is -2.30. The molecule has 0 amide bonds. The van der Waals surface area contributed by atoms with E-state index in [0.29, 0.717) is 19.4 Å². The molecule has 0 saturated heterocycles. The molecule has 5 nitrogen and oxygen atoms in total. The monoisotopic (exact) mass is 869 g/mol. The average Bonchev–Trinajstić information content (AvgIpc) is 3.27. The average molecular weight is 869 g/mol. The van der Waals surface area contributed by atoms with Crippen molar-refractivity contribution in [2.75, 3.05) is 19.8 Å². The Hall–Kier alpha value is -2.14. The lowest BCUT2D eigenvalue weighted by Gasteiger charge is -2.18. The predicted octanol–water partition coefficient (Wildman–Crippen LogP) is 18.3. The highest BCUT2D eigenvalue weighted by atomic mass is 16.6. The molecule has 0 saturated carbocycles. The minimum Gasteiger partial charge on any atom is -0.462 e. The lowest BCUT2D eigenvalue weighted by molar-refractivity contribution is -0.163. The van der Waals surface area contributed by atoms with Gasteiger partial charge in [-0.1, -0.05) is 236 Å². The van der Waals surface area contributed by atoms with Crippen LogP contribution in [0.15, 0.2) is 48.6 Å². The normalized spacial score (nSPS) is 12.5. The molecule has 0 bridgehead atoms. The van der Waals surface area contributed by atoms with Crippen LogP contribution in [0.2, 0.25) is 0 Å². The van der Waals surface area contributed by atoms with Crippen LogP contribution in [0.3, 0.4) is 0 Å². The van der Waals surface area contributed by atoms with E-state index in [4.69, 9.17) is 14.2 Å². The molecule has 0 aliphatic rings. The smallest absolute Gasteiger partial charge is 0.306 e. The van der Waals surface area contributed by atoms with Gasteiger partial charge in [-0.3, -0.25) is 9.59 Å². The number of rotatable bonds is 50. The topological polar surface area (TPSA) is 61.8 Å². The molecule has 1 unspecified atom stereocenters. The molecule has 1 atom stereocenters. The van der Waals surface area contributed by atoms with Crippen molar-refractivity contribution < 1.29 is 23.8 Å². The van der Waals surface area contributed by atoms with E-state index in [1.807, 2.05) is 0 Å². The molecule has 0 spiro atoms. The first kappa shape index (κ1) is 59.9. The number of hydrogen-bond acceptors (Lipinski definition) is 5. The second-order valence-corrected chi connectivity index (χ2v) is 18.1. The lowest BCUT2D eigenvalue weighted by atomic mass is 10.1. The molecule has 0 aromatic carbocycles. The Morgan fingerprint density at radius 3 is 1.18 bits per heavy atom. The van der Waals surface area contributed by atoms with Gasteiger partial charge in [0.25, 0.3) is 0 Å². The molecular formula is C57H104O5. The van der Waals surface area contributed by atoms with Gasteiger partial charge in [0.2, 0.25) is 0 Å². The van der Waals surface area contributed by atoms with Crippen molar-refractivity contribution in [1.82, 2.24) is 0 Å². The molecule has 0 aromatic rings. The number of unbranched alkanes of at least 4 members (excludes halogenated alkanes) is 31. The fourth-order valence-corrected chi connectivity index (χ4v) is 7.81.